The Balaban J connectivity index is 1.64. The first-order valence-electron chi connectivity index (χ1n) is 8.00. The van der Waals surface area contributed by atoms with Crippen LogP contribution >= 0.6 is 11.3 Å². The van der Waals surface area contributed by atoms with E-state index in [2.05, 4.69) is 5.32 Å². The highest BCUT2D eigenvalue weighted by Crippen LogP contribution is 2.24. The van der Waals surface area contributed by atoms with Crippen LogP contribution in [-0.4, -0.2) is 46.6 Å². The van der Waals surface area contributed by atoms with Gasteiger partial charge in [0.1, 0.15) is 6.04 Å². The molecular formula is C16H22N2O3S. The Hall–Kier alpha value is -1.40. The summed E-state index contributed by atoms with van der Waals surface area (Å²) in [5.74, 6) is -0.176. The van der Waals surface area contributed by atoms with E-state index in [-0.39, 0.29) is 17.9 Å². The van der Waals surface area contributed by atoms with Crippen LogP contribution in [-0.2, 0) is 4.79 Å². The summed E-state index contributed by atoms with van der Waals surface area (Å²) in [6, 6.07) is 3.08. The van der Waals surface area contributed by atoms with E-state index in [0.717, 1.165) is 32.1 Å². The van der Waals surface area contributed by atoms with Gasteiger partial charge in [0.05, 0.1) is 17.0 Å². The molecular weight excluding hydrogens is 300 g/mol. The highest BCUT2D eigenvalue weighted by Gasteiger charge is 2.36. The normalized spacial score (nSPS) is 28.6. The summed E-state index contributed by atoms with van der Waals surface area (Å²) in [6.45, 7) is 0.627. The summed E-state index contributed by atoms with van der Waals surface area (Å²) in [4.78, 5) is 27.4. The highest BCUT2D eigenvalue weighted by molar-refractivity contribution is 7.12. The molecule has 1 aliphatic carbocycles. The number of rotatable bonds is 3. The van der Waals surface area contributed by atoms with Crippen LogP contribution in [0.15, 0.2) is 17.5 Å². The minimum atomic E-state index is -0.458. The van der Waals surface area contributed by atoms with Crippen molar-refractivity contribution in [1.29, 1.82) is 0 Å². The third-order valence-electron chi connectivity index (χ3n) is 4.61. The minimum absolute atomic E-state index is 0.0585. The number of hydrogen-bond acceptors (Lipinski definition) is 4. The van der Waals surface area contributed by atoms with Crippen molar-refractivity contribution in [3.05, 3.63) is 22.4 Å². The molecule has 0 aromatic carbocycles. The standard InChI is InChI=1S/C16H22N2O3S/c19-13-7-2-1-5-11(13)17-15(20)12-6-3-9-18(12)16(21)14-8-4-10-22-14/h4,8,10-13,19H,1-3,5-7,9H2,(H,17,20)/t11-,12+,13-/m1/s1. The number of nitrogens with one attached hydrogen (secondary N) is 1. The summed E-state index contributed by atoms with van der Waals surface area (Å²) >= 11 is 1.40. The lowest BCUT2D eigenvalue weighted by Crippen LogP contribution is -2.52. The Morgan fingerprint density at radius 1 is 1.23 bits per heavy atom. The predicted molar refractivity (Wildman–Crippen MR) is 84.8 cm³/mol. The predicted octanol–water partition coefficient (Wildman–Crippen LogP) is 1.77. The average Bonchev–Trinajstić information content (AvgIpc) is 3.20. The van der Waals surface area contributed by atoms with E-state index in [4.69, 9.17) is 0 Å². The molecule has 22 heavy (non-hydrogen) atoms. The maximum absolute atomic E-state index is 12.5. The quantitative estimate of drug-likeness (QED) is 0.891. The zero-order chi connectivity index (χ0) is 15.5. The third kappa shape index (κ3) is 3.17. The fourth-order valence-corrected chi connectivity index (χ4v) is 4.06. The molecule has 1 saturated carbocycles. The smallest absolute Gasteiger partial charge is 0.264 e. The van der Waals surface area contributed by atoms with Crippen LogP contribution in [0.5, 0.6) is 0 Å². The summed E-state index contributed by atoms with van der Waals surface area (Å²) in [5, 5.41) is 14.8. The summed E-state index contributed by atoms with van der Waals surface area (Å²) < 4.78 is 0. The first-order chi connectivity index (χ1) is 10.7. The van der Waals surface area contributed by atoms with Gasteiger partial charge in [0.25, 0.3) is 5.91 Å². The first kappa shape index (κ1) is 15.5. The topological polar surface area (TPSA) is 69.6 Å². The minimum Gasteiger partial charge on any atom is -0.391 e. The van der Waals surface area contributed by atoms with Gasteiger partial charge in [0.15, 0.2) is 0 Å². The molecule has 5 nitrogen and oxygen atoms in total. The number of nitrogens with zero attached hydrogens (tertiary/aromatic N) is 1. The van der Waals surface area contributed by atoms with Crippen LogP contribution < -0.4 is 5.32 Å². The lowest BCUT2D eigenvalue weighted by molar-refractivity contribution is -0.126. The van der Waals surface area contributed by atoms with E-state index in [0.29, 0.717) is 17.8 Å². The van der Waals surface area contributed by atoms with Crippen LogP contribution in [0.25, 0.3) is 0 Å². The molecule has 0 unspecified atom stereocenters. The Morgan fingerprint density at radius 2 is 2.05 bits per heavy atom. The van der Waals surface area contributed by atoms with E-state index in [9.17, 15) is 14.7 Å². The molecule has 2 fully saturated rings. The number of hydrogen-bond donors (Lipinski definition) is 2. The average molecular weight is 322 g/mol. The second kappa shape index (κ2) is 6.79. The van der Waals surface area contributed by atoms with E-state index in [1.807, 2.05) is 11.4 Å². The number of carbonyl (C=O) groups is 2. The maximum Gasteiger partial charge on any atom is 0.264 e. The van der Waals surface area contributed by atoms with E-state index < -0.39 is 12.1 Å². The van der Waals surface area contributed by atoms with Gasteiger partial charge in [0.2, 0.25) is 5.91 Å². The summed E-state index contributed by atoms with van der Waals surface area (Å²) in [5.41, 5.74) is 0. The zero-order valence-corrected chi connectivity index (χ0v) is 13.3. The van der Waals surface area contributed by atoms with Gasteiger partial charge in [-0.3, -0.25) is 9.59 Å². The number of likely N-dealkylation sites (tertiary alicyclic amines) is 1. The van der Waals surface area contributed by atoms with Crippen molar-refractivity contribution in [1.82, 2.24) is 10.2 Å². The van der Waals surface area contributed by atoms with Crippen LogP contribution in [0.1, 0.15) is 48.2 Å². The number of amides is 2. The lowest BCUT2D eigenvalue weighted by atomic mass is 9.92. The molecule has 3 rings (SSSR count). The van der Waals surface area contributed by atoms with Crippen LogP contribution in [0, 0.1) is 0 Å². The van der Waals surface area contributed by atoms with Crippen LogP contribution in [0.3, 0.4) is 0 Å². The Kier molecular flexibility index (Phi) is 4.78. The number of aliphatic hydroxyl groups excluding tert-OH is 1. The highest BCUT2D eigenvalue weighted by atomic mass is 32.1. The van der Waals surface area contributed by atoms with Gasteiger partial charge in [-0.1, -0.05) is 18.9 Å². The second-order valence-electron chi connectivity index (χ2n) is 6.10. The van der Waals surface area contributed by atoms with Crippen molar-refractivity contribution >= 4 is 23.2 Å². The van der Waals surface area contributed by atoms with Crippen LogP contribution in [0.4, 0.5) is 0 Å². The summed E-state index contributed by atoms with van der Waals surface area (Å²) in [7, 11) is 0. The monoisotopic (exact) mass is 322 g/mol. The summed E-state index contributed by atoms with van der Waals surface area (Å²) in [6.07, 6.45) is 4.70. The number of thiophene rings is 1. The molecule has 1 saturated heterocycles. The van der Waals surface area contributed by atoms with E-state index in [1.54, 1.807) is 11.0 Å². The fourth-order valence-electron chi connectivity index (χ4n) is 3.38. The molecule has 2 amide bonds. The van der Waals surface area contributed by atoms with Gasteiger partial charge in [-0.2, -0.15) is 0 Å². The molecule has 1 aliphatic heterocycles. The van der Waals surface area contributed by atoms with Crippen molar-refractivity contribution in [2.75, 3.05) is 6.54 Å². The van der Waals surface area contributed by atoms with Gasteiger partial charge in [-0.15, -0.1) is 11.3 Å². The molecule has 0 radical (unpaired) electrons. The number of aliphatic hydroxyl groups is 1. The molecule has 1 aromatic rings. The van der Waals surface area contributed by atoms with Crippen molar-refractivity contribution in [2.24, 2.45) is 0 Å². The fraction of sp³-hybridized carbons (Fsp3) is 0.625. The Labute approximate surface area is 134 Å². The van der Waals surface area contributed by atoms with Crippen molar-refractivity contribution in [3.63, 3.8) is 0 Å². The third-order valence-corrected chi connectivity index (χ3v) is 5.46. The molecule has 2 aliphatic rings. The van der Waals surface area contributed by atoms with Gasteiger partial charge in [-0.25, -0.2) is 0 Å². The number of carbonyl (C=O) groups excluding carboxylic acids is 2. The van der Waals surface area contributed by atoms with E-state index in [1.165, 1.54) is 11.3 Å². The molecule has 3 atom stereocenters. The zero-order valence-electron chi connectivity index (χ0n) is 12.5. The van der Waals surface area contributed by atoms with Gasteiger partial charge in [0, 0.05) is 6.54 Å². The van der Waals surface area contributed by atoms with Gasteiger partial charge in [-0.05, 0) is 37.1 Å². The second-order valence-corrected chi connectivity index (χ2v) is 7.05. The van der Waals surface area contributed by atoms with Gasteiger partial charge >= 0.3 is 0 Å². The van der Waals surface area contributed by atoms with Crippen molar-refractivity contribution in [3.8, 4) is 0 Å². The largest absolute Gasteiger partial charge is 0.391 e. The van der Waals surface area contributed by atoms with Crippen molar-refractivity contribution < 1.29 is 14.7 Å². The SMILES string of the molecule is O=C(N[C@@H]1CCCC[C@H]1O)[C@@H]1CCCN1C(=O)c1cccs1. The Morgan fingerprint density at radius 3 is 2.77 bits per heavy atom. The maximum atomic E-state index is 12.5. The molecule has 0 spiro atoms. The molecule has 1 aromatic heterocycles. The van der Waals surface area contributed by atoms with Crippen molar-refractivity contribution in [2.45, 2.75) is 56.7 Å². The van der Waals surface area contributed by atoms with Gasteiger partial charge < -0.3 is 15.3 Å². The van der Waals surface area contributed by atoms with Crippen LogP contribution in [0.2, 0.25) is 0 Å². The first-order valence-corrected chi connectivity index (χ1v) is 8.87. The molecule has 2 N–H and O–H groups in total. The molecule has 0 bridgehead atoms. The lowest BCUT2D eigenvalue weighted by Gasteiger charge is -2.31. The van der Waals surface area contributed by atoms with E-state index >= 15 is 0 Å². The molecule has 2 heterocycles. The molecule has 120 valence electrons. The molecule has 6 heteroatoms. The Bertz CT molecular complexity index is 532.